The molecule has 0 spiro atoms. The van der Waals surface area contributed by atoms with Gasteiger partial charge in [0, 0.05) is 25.2 Å². The molecule has 1 aliphatic carbocycles. The Bertz CT molecular complexity index is 756. The second kappa shape index (κ2) is 8.84. The minimum atomic E-state index is -0.449. The van der Waals surface area contributed by atoms with Crippen LogP contribution in [0.1, 0.15) is 48.9 Å². The molecule has 0 saturated carbocycles. The van der Waals surface area contributed by atoms with Gasteiger partial charge in [0.05, 0.1) is 18.6 Å². The molecule has 1 saturated heterocycles. The number of benzene rings is 1. The fraction of sp³-hybridized carbons (Fsp3) is 0.476. The van der Waals surface area contributed by atoms with Crippen LogP contribution in [0.3, 0.4) is 0 Å². The maximum atomic E-state index is 12.4. The number of carbonyl (C=O) groups excluding carboxylic acids is 3. The number of ether oxygens (including phenoxy) is 1. The zero-order valence-electron chi connectivity index (χ0n) is 15.7. The molecule has 6 heteroatoms. The van der Waals surface area contributed by atoms with E-state index in [1.54, 1.807) is 29.2 Å². The smallest absolute Gasteiger partial charge is 0.337 e. The highest BCUT2D eigenvalue weighted by molar-refractivity contribution is 6.01. The average Bonchev–Trinajstić information content (AvgIpc) is 3.10. The molecule has 27 heavy (non-hydrogen) atoms. The minimum absolute atomic E-state index is 0.0774. The number of nitrogens with zero attached hydrogens (tertiary/aromatic N) is 1. The van der Waals surface area contributed by atoms with Crippen LogP contribution in [0, 0.1) is 5.92 Å². The highest BCUT2D eigenvalue weighted by atomic mass is 16.5. The Labute approximate surface area is 159 Å². The lowest BCUT2D eigenvalue weighted by Gasteiger charge is -2.17. The molecular formula is C21H26N2O4. The van der Waals surface area contributed by atoms with Crippen molar-refractivity contribution in [3.63, 3.8) is 0 Å². The molecule has 1 heterocycles. The van der Waals surface area contributed by atoms with Crippen LogP contribution >= 0.6 is 0 Å². The van der Waals surface area contributed by atoms with Gasteiger partial charge in [0.25, 0.3) is 0 Å². The van der Waals surface area contributed by atoms with E-state index in [9.17, 15) is 14.4 Å². The van der Waals surface area contributed by atoms with E-state index in [0.29, 0.717) is 24.3 Å². The molecule has 3 rings (SSSR count). The van der Waals surface area contributed by atoms with Gasteiger partial charge in [0.1, 0.15) is 0 Å². The number of nitrogens with one attached hydrogen (secondary N) is 1. The van der Waals surface area contributed by atoms with E-state index >= 15 is 0 Å². The summed E-state index contributed by atoms with van der Waals surface area (Å²) in [4.78, 5) is 38.1. The topological polar surface area (TPSA) is 75.7 Å². The van der Waals surface area contributed by atoms with Crippen LogP contribution in [0.4, 0.5) is 5.69 Å². The molecule has 144 valence electrons. The van der Waals surface area contributed by atoms with Crippen LogP contribution in [0.15, 0.2) is 35.9 Å². The minimum Gasteiger partial charge on any atom is -0.465 e. The van der Waals surface area contributed by atoms with Gasteiger partial charge in [-0.15, -0.1) is 0 Å². The van der Waals surface area contributed by atoms with Crippen molar-refractivity contribution in [1.82, 2.24) is 5.32 Å². The van der Waals surface area contributed by atoms with Crippen molar-refractivity contribution in [3.05, 3.63) is 41.5 Å². The van der Waals surface area contributed by atoms with E-state index in [-0.39, 0.29) is 24.2 Å². The van der Waals surface area contributed by atoms with Crippen LogP contribution in [0.25, 0.3) is 0 Å². The summed E-state index contributed by atoms with van der Waals surface area (Å²) in [5.74, 6) is -0.993. The van der Waals surface area contributed by atoms with Crippen molar-refractivity contribution < 1.29 is 19.1 Å². The van der Waals surface area contributed by atoms with E-state index in [0.717, 1.165) is 19.3 Å². The van der Waals surface area contributed by atoms with Gasteiger partial charge in [0.15, 0.2) is 0 Å². The van der Waals surface area contributed by atoms with Crippen LogP contribution in [-0.2, 0) is 14.3 Å². The molecule has 2 aliphatic rings. The van der Waals surface area contributed by atoms with Gasteiger partial charge < -0.3 is 15.0 Å². The van der Waals surface area contributed by atoms with Crippen LogP contribution in [0.5, 0.6) is 0 Å². The van der Waals surface area contributed by atoms with Crippen molar-refractivity contribution in [1.29, 1.82) is 0 Å². The number of amides is 2. The Balaban J connectivity index is 1.56. The first-order chi connectivity index (χ1) is 13.1. The van der Waals surface area contributed by atoms with Crippen molar-refractivity contribution in [2.45, 2.75) is 38.5 Å². The maximum absolute atomic E-state index is 12.4. The lowest BCUT2D eigenvalue weighted by molar-refractivity contribution is -0.126. The van der Waals surface area contributed by atoms with Gasteiger partial charge >= 0.3 is 5.97 Å². The van der Waals surface area contributed by atoms with E-state index in [1.165, 1.54) is 25.5 Å². The number of carbonyl (C=O) groups is 3. The lowest BCUT2D eigenvalue weighted by Crippen LogP contribution is -2.33. The van der Waals surface area contributed by atoms with Gasteiger partial charge in [-0.05, 0) is 50.3 Å². The highest BCUT2D eigenvalue weighted by Gasteiger charge is 2.35. The zero-order valence-corrected chi connectivity index (χ0v) is 15.7. The summed E-state index contributed by atoms with van der Waals surface area (Å²) in [7, 11) is 1.32. The lowest BCUT2D eigenvalue weighted by atomic mass is 9.97. The van der Waals surface area contributed by atoms with Gasteiger partial charge in [-0.2, -0.15) is 0 Å². The van der Waals surface area contributed by atoms with Crippen molar-refractivity contribution in [2.24, 2.45) is 5.92 Å². The zero-order chi connectivity index (χ0) is 19.2. The summed E-state index contributed by atoms with van der Waals surface area (Å²) in [5.41, 5.74) is 2.42. The largest absolute Gasteiger partial charge is 0.465 e. The summed E-state index contributed by atoms with van der Waals surface area (Å²) in [5, 5.41) is 2.97. The van der Waals surface area contributed by atoms with Gasteiger partial charge in [0.2, 0.25) is 11.8 Å². The second-order valence-electron chi connectivity index (χ2n) is 7.10. The summed E-state index contributed by atoms with van der Waals surface area (Å²) >= 11 is 0. The molecule has 1 atom stereocenters. The summed E-state index contributed by atoms with van der Waals surface area (Å²) in [6, 6.07) is 6.74. The van der Waals surface area contributed by atoms with E-state index in [4.69, 9.17) is 4.74 Å². The molecule has 1 aromatic rings. The average molecular weight is 370 g/mol. The first kappa shape index (κ1) is 19.1. The first-order valence-corrected chi connectivity index (χ1v) is 9.53. The molecule has 1 aliphatic heterocycles. The second-order valence-corrected chi connectivity index (χ2v) is 7.10. The Morgan fingerprint density at radius 3 is 2.89 bits per heavy atom. The molecule has 0 radical (unpaired) electrons. The molecule has 0 bridgehead atoms. The highest BCUT2D eigenvalue weighted by Crippen LogP contribution is 2.26. The van der Waals surface area contributed by atoms with Gasteiger partial charge in [-0.3, -0.25) is 9.59 Å². The van der Waals surface area contributed by atoms with Crippen LogP contribution in [-0.4, -0.2) is 38.0 Å². The van der Waals surface area contributed by atoms with Crippen molar-refractivity contribution in [3.8, 4) is 0 Å². The van der Waals surface area contributed by atoms with E-state index in [2.05, 4.69) is 11.4 Å². The molecule has 1 aromatic carbocycles. The number of hydrogen-bond acceptors (Lipinski definition) is 4. The third-order valence-electron chi connectivity index (χ3n) is 5.21. The fourth-order valence-corrected chi connectivity index (χ4v) is 3.67. The number of rotatable bonds is 6. The Morgan fingerprint density at radius 2 is 2.15 bits per heavy atom. The van der Waals surface area contributed by atoms with Crippen LogP contribution < -0.4 is 10.2 Å². The molecular weight excluding hydrogens is 344 g/mol. The molecule has 1 unspecified atom stereocenters. The standard InChI is InChI=1S/C21H26N2O4/c1-27-21(26)16-8-5-9-18(12-16)23-14-17(13-19(23)24)20(25)22-11-10-15-6-3-2-4-7-15/h5-6,8-9,12,17H,2-4,7,10-11,13-14H2,1H3,(H,22,25). The third-order valence-corrected chi connectivity index (χ3v) is 5.21. The predicted octanol–water partition coefficient (Wildman–Crippen LogP) is 2.83. The van der Waals surface area contributed by atoms with Crippen molar-refractivity contribution >= 4 is 23.5 Å². The summed E-state index contributed by atoms with van der Waals surface area (Å²) in [6.07, 6.45) is 8.12. The Morgan fingerprint density at radius 1 is 1.30 bits per heavy atom. The summed E-state index contributed by atoms with van der Waals surface area (Å²) in [6.45, 7) is 0.950. The Hall–Kier alpha value is -2.63. The number of hydrogen-bond donors (Lipinski definition) is 1. The number of allylic oxidation sites excluding steroid dienone is 1. The molecule has 0 aromatic heterocycles. The quantitative estimate of drug-likeness (QED) is 0.617. The predicted molar refractivity (Wildman–Crippen MR) is 102 cm³/mol. The molecule has 1 N–H and O–H groups in total. The monoisotopic (exact) mass is 370 g/mol. The van der Waals surface area contributed by atoms with E-state index in [1.807, 2.05) is 0 Å². The number of esters is 1. The van der Waals surface area contributed by atoms with Crippen LogP contribution in [0.2, 0.25) is 0 Å². The third kappa shape index (κ3) is 4.76. The van der Waals surface area contributed by atoms with Crippen molar-refractivity contribution in [2.75, 3.05) is 25.1 Å². The fourth-order valence-electron chi connectivity index (χ4n) is 3.67. The van der Waals surface area contributed by atoms with Gasteiger partial charge in [-0.25, -0.2) is 4.79 Å². The molecule has 1 fully saturated rings. The number of methoxy groups -OCH3 is 1. The molecule has 6 nitrogen and oxygen atoms in total. The normalized spacial score (nSPS) is 19.6. The first-order valence-electron chi connectivity index (χ1n) is 9.53. The van der Waals surface area contributed by atoms with Gasteiger partial charge in [-0.1, -0.05) is 17.7 Å². The number of anilines is 1. The molecule has 2 amide bonds. The van der Waals surface area contributed by atoms with E-state index < -0.39 is 5.97 Å². The Kier molecular flexibility index (Phi) is 6.27. The maximum Gasteiger partial charge on any atom is 0.337 e. The SMILES string of the molecule is COC(=O)c1cccc(N2CC(C(=O)NCCC3=CCCCC3)CC2=O)c1. The summed E-state index contributed by atoms with van der Waals surface area (Å²) < 4.78 is 4.72.